The van der Waals surface area contributed by atoms with Crippen LogP contribution in [-0.4, -0.2) is 40.3 Å². The molecule has 4 aromatic rings. The molecule has 0 aliphatic heterocycles. The van der Waals surface area contributed by atoms with Gasteiger partial charge in [-0.05, 0) is 35.9 Å². The van der Waals surface area contributed by atoms with Gasteiger partial charge in [0.05, 0.1) is 28.4 Å². The summed E-state index contributed by atoms with van der Waals surface area (Å²) in [5, 5.41) is 5.32. The van der Waals surface area contributed by atoms with Crippen molar-refractivity contribution in [3.8, 4) is 23.0 Å². The molecule has 1 unspecified atom stereocenters. The van der Waals surface area contributed by atoms with Gasteiger partial charge in [0.1, 0.15) is 33.8 Å². The van der Waals surface area contributed by atoms with Crippen LogP contribution in [0.15, 0.2) is 95.9 Å². The Bertz CT molecular complexity index is 1430. The van der Waals surface area contributed by atoms with E-state index in [4.69, 9.17) is 18.9 Å². The molecule has 0 bridgehead atoms. The maximum atomic E-state index is 13.6. The van der Waals surface area contributed by atoms with Crippen molar-refractivity contribution in [3.05, 3.63) is 102 Å². The first kappa shape index (κ1) is 28.4. The van der Waals surface area contributed by atoms with Gasteiger partial charge in [-0.25, -0.2) is 0 Å². The molecule has 2 amide bonds. The predicted octanol–water partition coefficient (Wildman–Crippen LogP) is 6.45. The fourth-order valence-corrected chi connectivity index (χ4v) is 5.12. The molecule has 0 aliphatic carbocycles. The van der Waals surface area contributed by atoms with Crippen LogP contribution in [0.2, 0.25) is 0 Å². The SMILES string of the molecule is COc1cc(NC(=O)C(Sc2cccc(NC(=O)c3c(OC)cccc3OC)c2)c2ccccc2)cc(OC)c1. The van der Waals surface area contributed by atoms with Crippen molar-refractivity contribution in [2.75, 3.05) is 39.1 Å². The Balaban J connectivity index is 1.58. The minimum atomic E-state index is -0.585. The lowest BCUT2D eigenvalue weighted by Crippen LogP contribution is -2.19. The highest BCUT2D eigenvalue weighted by Crippen LogP contribution is 2.38. The lowest BCUT2D eigenvalue weighted by Gasteiger charge is -2.18. The van der Waals surface area contributed by atoms with Gasteiger partial charge in [0.2, 0.25) is 5.91 Å². The molecule has 0 heterocycles. The van der Waals surface area contributed by atoms with Crippen LogP contribution in [0.5, 0.6) is 23.0 Å². The maximum absolute atomic E-state index is 13.6. The topological polar surface area (TPSA) is 95.1 Å². The lowest BCUT2D eigenvalue weighted by atomic mass is 10.1. The highest BCUT2D eigenvalue weighted by molar-refractivity contribution is 8.00. The van der Waals surface area contributed by atoms with Crippen LogP contribution in [0.4, 0.5) is 11.4 Å². The number of methoxy groups -OCH3 is 4. The molecule has 40 heavy (non-hydrogen) atoms. The van der Waals surface area contributed by atoms with Crippen molar-refractivity contribution < 1.29 is 28.5 Å². The number of anilines is 2. The molecule has 4 rings (SSSR count). The quantitative estimate of drug-likeness (QED) is 0.204. The van der Waals surface area contributed by atoms with Crippen molar-refractivity contribution in [1.82, 2.24) is 0 Å². The number of amides is 2. The van der Waals surface area contributed by atoms with Gasteiger partial charge < -0.3 is 29.6 Å². The van der Waals surface area contributed by atoms with E-state index >= 15 is 0 Å². The van der Waals surface area contributed by atoms with Crippen LogP contribution in [0.3, 0.4) is 0 Å². The summed E-state index contributed by atoms with van der Waals surface area (Å²) in [5.41, 5.74) is 2.23. The molecule has 206 valence electrons. The van der Waals surface area contributed by atoms with Gasteiger partial charge in [0.15, 0.2) is 0 Å². The van der Waals surface area contributed by atoms with Crippen LogP contribution in [0, 0.1) is 0 Å². The fraction of sp³-hybridized carbons (Fsp3) is 0.161. The standard InChI is InChI=1S/C31H30N2O6S/c1-36-23-16-22(17-24(19-23)37-2)33-31(35)29(20-10-6-5-7-11-20)40-25-13-8-12-21(18-25)32-30(34)28-26(38-3)14-9-15-27(28)39-4/h5-19,29H,1-4H3,(H,32,34)(H,33,35). The molecule has 8 nitrogen and oxygen atoms in total. The minimum absolute atomic E-state index is 0.222. The number of ether oxygens (including phenoxy) is 4. The van der Waals surface area contributed by atoms with Crippen molar-refractivity contribution in [2.24, 2.45) is 0 Å². The first-order chi connectivity index (χ1) is 19.4. The number of nitrogens with one attached hydrogen (secondary N) is 2. The van der Waals surface area contributed by atoms with E-state index in [9.17, 15) is 9.59 Å². The second kappa shape index (κ2) is 13.4. The number of hydrogen-bond acceptors (Lipinski definition) is 7. The molecule has 0 aliphatic rings. The van der Waals surface area contributed by atoms with Crippen LogP contribution in [0.1, 0.15) is 21.2 Å². The van der Waals surface area contributed by atoms with E-state index in [-0.39, 0.29) is 11.8 Å². The maximum Gasteiger partial charge on any atom is 0.263 e. The largest absolute Gasteiger partial charge is 0.497 e. The van der Waals surface area contributed by atoms with Crippen molar-refractivity contribution >= 4 is 35.0 Å². The van der Waals surface area contributed by atoms with E-state index in [1.807, 2.05) is 48.5 Å². The Morgan fingerprint density at radius 3 is 1.88 bits per heavy atom. The van der Waals surface area contributed by atoms with Crippen LogP contribution < -0.4 is 29.6 Å². The van der Waals surface area contributed by atoms with E-state index in [1.165, 1.54) is 26.0 Å². The molecule has 0 fully saturated rings. The van der Waals surface area contributed by atoms with E-state index in [0.717, 1.165) is 10.5 Å². The monoisotopic (exact) mass is 558 g/mol. The summed E-state index contributed by atoms with van der Waals surface area (Å²) in [7, 11) is 6.11. The molecular weight excluding hydrogens is 528 g/mol. The molecule has 1 atom stereocenters. The second-order valence-corrected chi connectivity index (χ2v) is 9.70. The van der Waals surface area contributed by atoms with E-state index in [1.54, 1.807) is 56.7 Å². The van der Waals surface area contributed by atoms with Gasteiger partial charge >= 0.3 is 0 Å². The van der Waals surface area contributed by atoms with E-state index in [0.29, 0.717) is 39.9 Å². The zero-order valence-electron chi connectivity index (χ0n) is 22.6. The van der Waals surface area contributed by atoms with Gasteiger partial charge in [-0.3, -0.25) is 9.59 Å². The summed E-state index contributed by atoms with van der Waals surface area (Å²) in [6, 6.07) is 27.2. The lowest BCUT2D eigenvalue weighted by molar-refractivity contribution is -0.115. The molecule has 0 saturated heterocycles. The first-order valence-electron chi connectivity index (χ1n) is 12.3. The van der Waals surface area contributed by atoms with Crippen molar-refractivity contribution in [2.45, 2.75) is 10.1 Å². The average Bonchev–Trinajstić information content (AvgIpc) is 2.99. The summed E-state index contributed by atoms with van der Waals surface area (Å²) in [4.78, 5) is 27.6. The Kier molecular flexibility index (Phi) is 9.53. The molecule has 4 aromatic carbocycles. The fourth-order valence-electron chi connectivity index (χ4n) is 4.04. The zero-order chi connectivity index (χ0) is 28.5. The molecule has 9 heteroatoms. The molecular formula is C31H30N2O6S. The molecule has 2 N–H and O–H groups in total. The van der Waals surface area contributed by atoms with E-state index in [2.05, 4.69) is 10.6 Å². The highest BCUT2D eigenvalue weighted by Gasteiger charge is 2.23. The number of hydrogen-bond donors (Lipinski definition) is 2. The summed E-state index contributed by atoms with van der Waals surface area (Å²) in [6.07, 6.45) is 0. The molecule has 0 aromatic heterocycles. The normalized spacial score (nSPS) is 11.2. The number of thioether (sulfide) groups is 1. The van der Waals surface area contributed by atoms with Gasteiger partial charge in [0.25, 0.3) is 5.91 Å². The van der Waals surface area contributed by atoms with E-state index < -0.39 is 5.25 Å². The minimum Gasteiger partial charge on any atom is -0.497 e. The molecule has 0 saturated carbocycles. The second-order valence-electron chi connectivity index (χ2n) is 8.52. The van der Waals surface area contributed by atoms with Crippen molar-refractivity contribution in [1.29, 1.82) is 0 Å². The third-order valence-corrected chi connectivity index (χ3v) is 7.21. The van der Waals surface area contributed by atoms with Gasteiger partial charge in [-0.2, -0.15) is 0 Å². The van der Waals surface area contributed by atoms with Gasteiger partial charge in [-0.1, -0.05) is 42.5 Å². The third kappa shape index (κ3) is 6.86. The zero-order valence-corrected chi connectivity index (χ0v) is 23.4. The summed E-state index contributed by atoms with van der Waals surface area (Å²) in [6.45, 7) is 0. The highest BCUT2D eigenvalue weighted by atomic mass is 32.2. The van der Waals surface area contributed by atoms with Crippen LogP contribution >= 0.6 is 11.8 Å². The van der Waals surface area contributed by atoms with Crippen LogP contribution in [-0.2, 0) is 4.79 Å². The predicted molar refractivity (Wildman–Crippen MR) is 157 cm³/mol. The Morgan fingerprint density at radius 1 is 0.650 bits per heavy atom. The Labute approximate surface area is 237 Å². The smallest absolute Gasteiger partial charge is 0.263 e. The number of rotatable bonds is 11. The summed E-state index contributed by atoms with van der Waals surface area (Å²) < 4.78 is 21.4. The Hall–Kier alpha value is -4.63. The molecule has 0 radical (unpaired) electrons. The summed E-state index contributed by atoms with van der Waals surface area (Å²) in [5.74, 6) is 1.33. The van der Waals surface area contributed by atoms with Gasteiger partial charge in [-0.15, -0.1) is 11.8 Å². The first-order valence-corrected chi connectivity index (χ1v) is 13.2. The average molecular weight is 559 g/mol. The van der Waals surface area contributed by atoms with Crippen LogP contribution in [0.25, 0.3) is 0 Å². The number of carbonyl (C=O) groups is 2. The molecule has 0 spiro atoms. The number of carbonyl (C=O) groups excluding carboxylic acids is 2. The Morgan fingerprint density at radius 2 is 1.27 bits per heavy atom. The number of benzene rings is 4. The third-order valence-electron chi connectivity index (χ3n) is 5.96. The summed E-state index contributed by atoms with van der Waals surface area (Å²) >= 11 is 1.37. The van der Waals surface area contributed by atoms with Gasteiger partial charge in [0, 0.05) is 34.5 Å². The van der Waals surface area contributed by atoms with Crippen molar-refractivity contribution in [3.63, 3.8) is 0 Å².